The fraction of sp³-hybridized carbons (Fsp3) is 0.400. The highest BCUT2D eigenvalue weighted by atomic mass is 14.9. The molecule has 0 atom stereocenters. The van der Waals surface area contributed by atoms with E-state index in [1.165, 1.54) is 29.2 Å². The summed E-state index contributed by atoms with van der Waals surface area (Å²) in [5.74, 6) is 0. The lowest BCUT2D eigenvalue weighted by molar-refractivity contribution is 0.500. The number of fused-ring (bicyclic) bond motifs is 1. The number of benzene rings is 1. The summed E-state index contributed by atoms with van der Waals surface area (Å²) in [5, 5.41) is 6.12. The third kappa shape index (κ3) is 2.32. The Kier molecular flexibility index (Phi) is 2.60. The van der Waals surface area contributed by atoms with Gasteiger partial charge in [-0.2, -0.15) is 0 Å². The van der Waals surface area contributed by atoms with Crippen LogP contribution in [0.1, 0.15) is 25.3 Å². The molecule has 0 unspecified atom stereocenters. The van der Waals surface area contributed by atoms with Gasteiger partial charge in [0, 0.05) is 30.9 Å². The number of aromatic nitrogens is 1. The van der Waals surface area contributed by atoms with Crippen molar-refractivity contribution in [2.75, 3.05) is 6.54 Å². The molecule has 0 bridgehead atoms. The van der Waals surface area contributed by atoms with Gasteiger partial charge in [-0.3, -0.25) is 4.98 Å². The Balaban J connectivity index is 1.75. The van der Waals surface area contributed by atoms with Crippen LogP contribution in [0.2, 0.25) is 0 Å². The molecular formula is C15H18N2. The maximum Gasteiger partial charge on any atom is 0.0346 e. The van der Waals surface area contributed by atoms with E-state index in [4.69, 9.17) is 0 Å². The van der Waals surface area contributed by atoms with Crippen LogP contribution in [0.25, 0.3) is 10.8 Å². The second kappa shape index (κ2) is 4.11. The molecule has 2 aromatic rings. The highest BCUT2D eigenvalue weighted by molar-refractivity contribution is 5.84. The van der Waals surface area contributed by atoms with Gasteiger partial charge in [0.2, 0.25) is 0 Å². The van der Waals surface area contributed by atoms with Crippen LogP contribution in [0.5, 0.6) is 0 Å². The van der Waals surface area contributed by atoms with Gasteiger partial charge in [-0.25, -0.2) is 0 Å². The molecule has 1 aromatic heterocycles. The zero-order valence-corrected chi connectivity index (χ0v) is 10.2. The molecule has 17 heavy (non-hydrogen) atoms. The van der Waals surface area contributed by atoms with Gasteiger partial charge in [0.15, 0.2) is 0 Å². The van der Waals surface area contributed by atoms with Crippen LogP contribution in [0, 0.1) is 5.41 Å². The number of nitrogens with one attached hydrogen (secondary N) is 1. The molecule has 2 heteroatoms. The predicted molar refractivity (Wildman–Crippen MR) is 70.8 cm³/mol. The number of nitrogens with zero attached hydrogens (tertiary/aromatic N) is 1. The maximum atomic E-state index is 4.16. The topological polar surface area (TPSA) is 24.9 Å². The lowest BCUT2D eigenvalue weighted by Crippen LogP contribution is -2.21. The predicted octanol–water partition coefficient (Wildman–Crippen LogP) is 3.12. The van der Waals surface area contributed by atoms with E-state index in [-0.39, 0.29) is 0 Å². The second-order valence-electron chi connectivity index (χ2n) is 5.43. The van der Waals surface area contributed by atoms with E-state index in [0.717, 1.165) is 13.1 Å². The molecule has 0 radical (unpaired) electrons. The molecule has 3 rings (SSSR count). The van der Waals surface area contributed by atoms with Crippen molar-refractivity contribution in [1.82, 2.24) is 10.3 Å². The normalized spacial score (nSPS) is 17.2. The Morgan fingerprint density at radius 3 is 3.00 bits per heavy atom. The summed E-state index contributed by atoms with van der Waals surface area (Å²) in [4.78, 5) is 4.16. The average molecular weight is 226 g/mol. The van der Waals surface area contributed by atoms with E-state index in [9.17, 15) is 0 Å². The van der Waals surface area contributed by atoms with Gasteiger partial charge in [0.1, 0.15) is 0 Å². The van der Waals surface area contributed by atoms with E-state index < -0.39 is 0 Å². The standard InChI is InChI=1S/C15H18N2/c1-15(6-7-15)11-17-10-13-4-2-3-12-9-16-8-5-14(12)13/h2-5,8-9,17H,6-7,10-11H2,1H3. The number of hydrogen-bond acceptors (Lipinski definition) is 2. The van der Waals surface area contributed by atoms with Gasteiger partial charge in [0.05, 0.1) is 0 Å². The Morgan fingerprint density at radius 2 is 2.18 bits per heavy atom. The Labute approximate surface area is 102 Å². The number of rotatable bonds is 4. The molecule has 0 amide bonds. The minimum Gasteiger partial charge on any atom is -0.312 e. The lowest BCUT2D eigenvalue weighted by Gasteiger charge is -2.11. The first-order chi connectivity index (χ1) is 8.27. The molecule has 0 saturated heterocycles. The molecule has 1 heterocycles. The fourth-order valence-electron chi connectivity index (χ4n) is 2.23. The van der Waals surface area contributed by atoms with Crippen molar-refractivity contribution >= 4 is 10.8 Å². The van der Waals surface area contributed by atoms with Crippen LogP contribution >= 0.6 is 0 Å². The van der Waals surface area contributed by atoms with E-state index >= 15 is 0 Å². The molecule has 1 aliphatic carbocycles. The van der Waals surface area contributed by atoms with Crippen molar-refractivity contribution in [3.05, 3.63) is 42.2 Å². The zero-order chi connectivity index (χ0) is 11.7. The van der Waals surface area contributed by atoms with Crippen LogP contribution in [0.15, 0.2) is 36.7 Å². The molecule has 88 valence electrons. The molecule has 1 N–H and O–H groups in total. The van der Waals surface area contributed by atoms with E-state index in [1.807, 2.05) is 12.4 Å². The fourth-order valence-corrected chi connectivity index (χ4v) is 2.23. The highest BCUT2D eigenvalue weighted by Crippen LogP contribution is 2.44. The van der Waals surface area contributed by atoms with E-state index in [2.05, 4.69) is 41.5 Å². The summed E-state index contributed by atoms with van der Waals surface area (Å²) in [6.07, 6.45) is 6.55. The summed E-state index contributed by atoms with van der Waals surface area (Å²) in [6, 6.07) is 8.53. The van der Waals surface area contributed by atoms with E-state index in [1.54, 1.807) is 0 Å². The van der Waals surface area contributed by atoms with Crippen LogP contribution in [-0.2, 0) is 6.54 Å². The highest BCUT2D eigenvalue weighted by Gasteiger charge is 2.36. The summed E-state index contributed by atoms with van der Waals surface area (Å²) in [5.41, 5.74) is 1.95. The lowest BCUT2D eigenvalue weighted by atomic mass is 10.1. The summed E-state index contributed by atoms with van der Waals surface area (Å²) in [6.45, 7) is 4.44. The van der Waals surface area contributed by atoms with Crippen LogP contribution in [0.4, 0.5) is 0 Å². The van der Waals surface area contributed by atoms with Crippen molar-refractivity contribution in [3.63, 3.8) is 0 Å². The van der Waals surface area contributed by atoms with Gasteiger partial charge in [-0.15, -0.1) is 0 Å². The molecule has 2 nitrogen and oxygen atoms in total. The monoisotopic (exact) mass is 226 g/mol. The molecule has 1 fully saturated rings. The van der Waals surface area contributed by atoms with Crippen LogP contribution in [0.3, 0.4) is 0 Å². The number of pyridine rings is 1. The van der Waals surface area contributed by atoms with Crippen molar-refractivity contribution in [1.29, 1.82) is 0 Å². The Morgan fingerprint density at radius 1 is 1.29 bits per heavy atom. The SMILES string of the molecule is CC1(CNCc2cccc3cnccc23)CC1. The first-order valence-electron chi connectivity index (χ1n) is 6.29. The van der Waals surface area contributed by atoms with Gasteiger partial charge < -0.3 is 5.32 Å². The summed E-state index contributed by atoms with van der Waals surface area (Å²) >= 11 is 0. The molecule has 1 aromatic carbocycles. The molecule has 0 spiro atoms. The first kappa shape index (κ1) is 10.7. The van der Waals surface area contributed by atoms with Gasteiger partial charge in [-0.1, -0.05) is 25.1 Å². The molecule has 1 saturated carbocycles. The smallest absolute Gasteiger partial charge is 0.0346 e. The Bertz CT molecular complexity index is 524. The third-order valence-electron chi connectivity index (χ3n) is 3.74. The zero-order valence-electron chi connectivity index (χ0n) is 10.2. The maximum absolute atomic E-state index is 4.16. The third-order valence-corrected chi connectivity index (χ3v) is 3.74. The minimum atomic E-state index is 0.576. The van der Waals surface area contributed by atoms with Gasteiger partial charge in [-0.05, 0) is 35.3 Å². The van der Waals surface area contributed by atoms with Crippen molar-refractivity contribution in [2.45, 2.75) is 26.3 Å². The molecular weight excluding hydrogens is 208 g/mol. The van der Waals surface area contributed by atoms with Crippen molar-refractivity contribution in [3.8, 4) is 0 Å². The Hall–Kier alpha value is -1.41. The second-order valence-corrected chi connectivity index (χ2v) is 5.43. The van der Waals surface area contributed by atoms with E-state index in [0.29, 0.717) is 5.41 Å². The van der Waals surface area contributed by atoms with Crippen LogP contribution in [-0.4, -0.2) is 11.5 Å². The van der Waals surface area contributed by atoms with Gasteiger partial charge in [0.25, 0.3) is 0 Å². The average Bonchev–Trinajstić information content (AvgIpc) is 3.08. The minimum absolute atomic E-state index is 0.576. The quantitative estimate of drug-likeness (QED) is 0.866. The molecule has 0 aliphatic heterocycles. The number of hydrogen-bond donors (Lipinski definition) is 1. The van der Waals surface area contributed by atoms with Crippen LogP contribution < -0.4 is 5.32 Å². The molecule has 1 aliphatic rings. The first-order valence-corrected chi connectivity index (χ1v) is 6.29. The van der Waals surface area contributed by atoms with Gasteiger partial charge >= 0.3 is 0 Å². The summed E-state index contributed by atoms with van der Waals surface area (Å²) in [7, 11) is 0. The van der Waals surface area contributed by atoms with Crippen molar-refractivity contribution in [2.24, 2.45) is 5.41 Å². The van der Waals surface area contributed by atoms with Crippen molar-refractivity contribution < 1.29 is 0 Å². The summed E-state index contributed by atoms with van der Waals surface area (Å²) < 4.78 is 0. The largest absolute Gasteiger partial charge is 0.312 e.